The van der Waals surface area contributed by atoms with Crippen LogP contribution in [0.4, 0.5) is 11.6 Å². The first kappa shape index (κ1) is 10.8. The maximum Gasteiger partial charge on any atom is 0.146 e. The standard InChI is InChI=1S/C9H9N5O/c10-4-6-3-7(5-11)9(13-1-2-15)14-8(6)12/h3,15H,1-2H2,(H3,12,13,14). The zero-order chi connectivity index (χ0) is 11.3. The van der Waals surface area contributed by atoms with Crippen molar-refractivity contribution in [3.05, 3.63) is 17.2 Å². The molecule has 6 nitrogen and oxygen atoms in total. The fraction of sp³-hybridized carbons (Fsp3) is 0.222. The molecule has 0 unspecified atom stereocenters. The molecule has 0 saturated heterocycles. The highest BCUT2D eigenvalue weighted by Crippen LogP contribution is 2.17. The number of aliphatic hydroxyl groups is 1. The molecule has 76 valence electrons. The van der Waals surface area contributed by atoms with Crippen LogP contribution in [0.15, 0.2) is 6.07 Å². The van der Waals surface area contributed by atoms with Gasteiger partial charge in [-0.2, -0.15) is 10.5 Å². The van der Waals surface area contributed by atoms with Gasteiger partial charge >= 0.3 is 0 Å². The summed E-state index contributed by atoms with van der Waals surface area (Å²) in [4.78, 5) is 3.86. The molecule has 0 bridgehead atoms. The summed E-state index contributed by atoms with van der Waals surface area (Å²) < 4.78 is 0. The summed E-state index contributed by atoms with van der Waals surface area (Å²) in [7, 11) is 0. The van der Waals surface area contributed by atoms with E-state index in [0.29, 0.717) is 0 Å². The van der Waals surface area contributed by atoms with Crippen LogP contribution >= 0.6 is 0 Å². The van der Waals surface area contributed by atoms with Gasteiger partial charge in [-0.1, -0.05) is 0 Å². The Morgan fingerprint density at radius 3 is 2.60 bits per heavy atom. The Morgan fingerprint density at radius 1 is 1.40 bits per heavy atom. The average molecular weight is 203 g/mol. The molecule has 0 aromatic carbocycles. The summed E-state index contributed by atoms with van der Waals surface area (Å²) in [6.45, 7) is 0.194. The van der Waals surface area contributed by atoms with E-state index in [0.717, 1.165) is 0 Å². The Morgan fingerprint density at radius 2 is 2.07 bits per heavy atom. The van der Waals surface area contributed by atoms with E-state index in [2.05, 4.69) is 10.3 Å². The number of aliphatic hydroxyl groups excluding tert-OH is 1. The van der Waals surface area contributed by atoms with Gasteiger partial charge in [-0.15, -0.1) is 0 Å². The highest BCUT2D eigenvalue weighted by Gasteiger charge is 2.08. The molecule has 0 radical (unpaired) electrons. The first-order valence-electron chi connectivity index (χ1n) is 4.18. The maximum absolute atomic E-state index is 8.79. The molecule has 0 aliphatic heterocycles. The first-order chi connectivity index (χ1) is 7.22. The van der Waals surface area contributed by atoms with Gasteiger partial charge in [0.15, 0.2) is 0 Å². The lowest BCUT2D eigenvalue weighted by atomic mass is 10.2. The van der Waals surface area contributed by atoms with E-state index in [-0.39, 0.29) is 35.9 Å². The van der Waals surface area contributed by atoms with Crippen molar-refractivity contribution in [3.63, 3.8) is 0 Å². The molecule has 1 aromatic heterocycles. The van der Waals surface area contributed by atoms with Crippen molar-refractivity contribution < 1.29 is 5.11 Å². The largest absolute Gasteiger partial charge is 0.395 e. The van der Waals surface area contributed by atoms with Crippen LogP contribution in [0.5, 0.6) is 0 Å². The lowest BCUT2D eigenvalue weighted by molar-refractivity contribution is 0.311. The summed E-state index contributed by atoms with van der Waals surface area (Å²) in [5, 5.41) is 28.8. The zero-order valence-corrected chi connectivity index (χ0v) is 7.86. The van der Waals surface area contributed by atoms with Crippen molar-refractivity contribution in [2.75, 3.05) is 24.2 Å². The first-order valence-corrected chi connectivity index (χ1v) is 4.18. The number of aromatic nitrogens is 1. The Balaban J connectivity index is 3.12. The smallest absolute Gasteiger partial charge is 0.146 e. The second kappa shape index (κ2) is 4.80. The van der Waals surface area contributed by atoms with Crippen molar-refractivity contribution in [2.24, 2.45) is 0 Å². The minimum Gasteiger partial charge on any atom is -0.395 e. The SMILES string of the molecule is N#Cc1cc(C#N)c(NCCO)nc1N. The lowest BCUT2D eigenvalue weighted by Gasteiger charge is -2.06. The fourth-order valence-electron chi connectivity index (χ4n) is 1.01. The minimum atomic E-state index is -0.0769. The van der Waals surface area contributed by atoms with E-state index in [1.54, 1.807) is 0 Å². The predicted molar refractivity (Wildman–Crippen MR) is 53.7 cm³/mol. The molecular formula is C9H9N5O. The third-order valence-electron chi connectivity index (χ3n) is 1.70. The van der Waals surface area contributed by atoms with Crippen molar-refractivity contribution >= 4 is 11.6 Å². The molecule has 15 heavy (non-hydrogen) atoms. The number of nitrogens with one attached hydrogen (secondary N) is 1. The Kier molecular flexibility index (Phi) is 3.44. The van der Waals surface area contributed by atoms with Crippen LogP contribution in [-0.4, -0.2) is 23.2 Å². The van der Waals surface area contributed by atoms with Crippen molar-refractivity contribution in [1.29, 1.82) is 10.5 Å². The topological polar surface area (TPSA) is 119 Å². The van der Waals surface area contributed by atoms with Crippen LogP contribution in [0.3, 0.4) is 0 Å². The molecule has 6 heteroatoms. The molecule has 0 aliphatic rings. The van der Waals surface area contributed by atoms with Gasteiger partial charge in [0.2, 0.25) is 0 Å². The number of anilines is 2. The number of nitrogen functional groups attached to an aromatic ring is 1. The molecule has 4 N–H and O–H groups in total. The Bertz CT molecular complexity index is 443. The third kappa shape index (κ3) is 2.33. The van der Waals surface area contributed by atoms with Gasteiger partial charge < -0.3 is 16.2 Å². The number of pyridine rings is 1. The van der Waals surface area contributed by atoms with Gasteiger partial charge in [0.1, 0.15) is 23.8 Å². The Hall–Kier alpha value is -2.31. The van der Waals surface area contributed by atoms with E-state index >= 15 is 0 Å². The van der Waals surface area contributed by atoms with Crippen molar-refractivity contribution in [3.8, 4) is 12.1 Å². The van der Waals surface area contributed by atoms with Gasteiger partial charge in [-0.25, -0.2) is 4.98 Å². The molecule has 0 amide bonds. The summed E-state index contributed by atoms with van der Waals surface area (Å²) in [5.74, 6) is 0.347. The van der Waals surface area contributed by atoms with E-state index in [1.807, 2.05) is 12.1 Å². The average Bonchev–Trinajstić information content (AvgIpc) is 2.26. The van der Waals surface area contributed by atoms with Crippen LogP contribution in [0.1, 0.15) is 11.1 Å². The molecule has 0 atom stereocenters. The van der Waals surface area contributed by atoms with Crippen LogP contribution in [0, 0.1) is 22.7 Å². The predicted octanol–water partition coefficient (Wildman–Crippen LogP) is -0.189. The van der Waals surface area contributed by atoms with E-state index in [9.17, 15) is 0 Å². The number of nitriles is 2. The zero-order valence-electron chi connectivity index (χ0n) is 7.86. The number of rotatable bonds is 3. The molecule has 0 fully saturated rings. The van der Waals surface area contributed by atoms with Crippen molar-refractivity contribution in [1.82, 2.24) is 4.98 Å². The van der Waals surface area contributed by atoms with Gasteiger partial charge in [0, 0.05) is 6.54 Å². The highest BCUT2D eigenvalue weighted by atomic mass is 16.3. The molecular weight excluding hydrogens is 194 g/mol. The third-order valence-corrected chi connectivity index (χ3v) is 1.70. The van der Waals surface area contributed by atoms with Crippen LogP contribution in [0.2, 0.25) is 0 Å². The summed E-state index contributed by atoms with van der Waals surface area (Å²) in [5.41, 5.74) is 5.88. The van der Waals surface area contributed by atoms with Gasteiger partial charge in [0.05, 0.1) is 17.7 Å². The minimum absolute atomic E-state index is 0.0666. The second-order valence-corrected chi connectivity index (χ2v) is 2.69. The van der Waals surface area contributed by atoms with Crippen LogP contribution in [-0.2, 0) is 0 Å². The molecule has 0 aliphatic carbocycles. The van der Waals surface area contributed by atoms with E-state index in [1.165, 1.54) is 6.07 Å². The van der Waals surface area contributed by atoms with Crippen LogP contribution < -0.4 is 11.1 Å². The highest BCUT2D eigenvalue weighted by molar-refractivity contribution is 5.62. The number of hydrogen-bond donors (Lipinski definition) is 3. The monoisotopic (exact) mass is 203 g/mol. The quantitative estimate of drug-likeness (QED) is 0.626. The molecule has 1 heterocycles. The van der Waals surface area contributed by atoms with Gasteiger partial charge in [0.25, 0.3) is 0 Å². The normalized spacial score (nSPS) is 9.00. The summed E-state index contributed by atoms with van der Waals surface area (Å²) >= 11 is 0. The van der Waals surface area contributed by atoms with Gasteiger partial charge in [-0.05, 0) is 6.07 Å². The molecule has 1 rings (SSSR count). The molecule has 1 aromatic rings. The second-order valence-electron chi connectivity index (χ2n) is 2.69. The number of hydrogen-bond acceptors (Lipinski definition) is 6. The van der Waals surface area contributed by atoms with E-state index in [4.69, 9.17) is 21.4 Å². The summed E-state index contributed by atoms with van der Waals surface area (Å²) in [6.07, 6.45) is 0. The van der Waals surface area contributed by atoms with Crippen molar-refractivity contribution in [2.45, 2.75) is 0 Å². The molecule has 0 spiro atoms. The Labute approximate surface area is 86.6 Å². The number of nitrogens with zero attached hydrogens (tertiary/aromatic N) is 3. The van der Waals surface area contributed by atoms with Gasteiger partial charge in [-0.3, -0.25) is 0 Å². The lowest BCUT2D eigenvalue weighted by Crippen LogP contribution is -2.10. The fourth-order valence-corrected chi connectivity index (χ4v) is 1.01. The van der Waals surface area contributed by atoms with E-state index < -0.39 is 0 Å². The molecule has 0 saturated carbocycles. The number of nitrogens with two attached hydrogens (primary N) is 1. The van der Waals surface area contributed by atoms with Crippen LogP contribution in [0.25, 0.3) is 0 Å². The maximum atomic E-state index is 8.79. The summed E-state index contributed by atoms with van der Waals surface area (Å²) in [6, 6.07) is 5.09.